The van der Waals surface area contributed by atoms with Crippen LogP contribution < -0.4 is 9.64 Å². The normalized spacial score (nSPS) is 17.0. The number of nitrogens with zero attached hydrogens (tertiary/aromatic N) is 2. The van der Waals surface area contributed by atoms with Gasteiger partial charge in [0.05, 0.1) is 12.3 Å². The topological polar surface area (TPSA) is 24.9 Å². The van der Waals surface area contributed by atoms with Crippen LogP contribution in [0.3, 0.4) is 0 Å². The zero-order chi connectivity index (χ0) is 15.3. The molecule has 1 saturated heterocycles. The Hall–Kier alpha value is -1.26. The van der Waals surface area contributed by atoms with Gasteiger partial charge >= 0.3 is 0 Å². The third-order valence-electron chi connectivity index (χ3n) is 3.98. The first kappa shape index (κ1) is 16.1. The summed E-state index contributed by atoms with van der Waals surface area (Å²) in [6.45, 7) is 12.3. The fourth-order valence-electron chi connectivity index (χ4n) is 2.69. The van der Waals surface area contributed by atoms with Crippen molar-refractivity contribution in [2.75, 3.05) is 51.4 Å². The van der Waals surface area contributed by atoms with Gasteiger partial charge in [0.15, 0.2) is 0 Å². The second kappa shape index (κ2) is 7.14. The van der Waals surface area contributed by atoms with Crippen molar-refractivity contribution in [1.82, 2.24) is 4.90 Å². The molecule has 0 unspecified atom stereocenters. The van der Waals surface area contributed by atoms with Crippen molar-refractivity contribution in [3.05, 3.63) is 24.3 Å². The number of hydrogen-bond donors (Lipinski definition) is 0. The summed E-state index contributed by atoms with van der Waals surface area (Å²) < 4.78 is 10.9. The Morgan fingerprint density at radius 1 is 1.00 bits per heavy atom. The molecule has 0 aromatic heterocycles. The number of piperazine rings is 1. The molecule has 0 saturated carbocycles. The molecule has 118 valence electrons. The summed E-state index contributed by atoms with van der Waals surface area (Å²) in [6.07, 6.45) is 0. The van der Waals surface area contributed by atoms with Crippen LogP contribution in [0.5, 0.6) is 5.75 Å². The summed E-state index contributed by atoms with van der Waals surface area (Å²) >= 11 is 0. The van der Waals surface area contributed by atoms with Gasteiger partial charge in [-0.15, -0.1) is 0 Å². The maximum absolute atomic E-state index is 5.84. The van der Waals surface area contributed by atoms with E-state index in [-0.39, 0.29) is 5.54 Å². The second-order valence-electron chi connectivity index (χ2n) is 6.45. The lowest BCUT2D eigenvalue weighted by molar-refractivity contribution is 0.127. The molecule has 0 amide bonds. The van der Waals surface area contributed by atoms with Gasteiger partial charge in [-0.25, -0.2) is 0 Å². The SMILES string of the molecule is COCCOc1ccccc1N1CCN(C(C)(C)C)CC1. The van der Waals surface area contributed by atoms with Crippen LogP contribution in [-0.2, 0) is 4.74 Å². The van der Waals surface area contributed by atoms with Gasteiger partial charge < -0.3 is 14.4 Å². The van der Waals surface area contributed by atoms with Gasteiger partial charge in [0.25, 0.3) is 0 Å². The molecule has 0 spiro atoms. The van der Waals surface area contributed by atoms with E-state index >= 15 is 0 Å². The minimum Gasteiger partial charge on any atom is -0.489 e. The lowest BCUT2D eigenvalue weighted by Gasteiger charge is -2.43. The van der Waals surface area contributed by atoms with Crippen LogP contribution in [0.15, 0.2) is 24.3 Å². The average Bonchev–Trinajstić information content (AvgIpc) is 2.47. The number of para-hydroxylation sites is 2. The first-order valence-corrected chi connectivity index (χ1v) is 7.73. The number of ether oxygens (including phenoxy) is 2. The summed E-state index contributed by atoms with van der Waals surface area (Å²) in [4.78, 5) is 4.96. The van der Waals surface area contributed by atoms with Crippen molar-refractivity contribution in [1.29, 1.82) is 0 Å². The molecule has 1 aliphatic heterocycles. The van der Waals surface area contributed by atoms with E-state index in [9.17, 15) is 0 Å². The Labute approximate surface area is 128 Å². The van der Waals surface area contributed by atoms with Crippen LogP contribution in [0.25, 0.3) is 0 Å². The Morgan fingerprint density at radius 2 is 1.67 bits per heavy atom. The van der Waals surface area contributed by atoms with E-state index in [4.69, 9.17) is 9.47 Å². The van der Waals surface area contributed by atoms with Gasteiger partial charge in [-0.1, -0.05) is 12.1 Å². The molecule has 1 aromatic rings. The minimum atomic E-state index is 0.251. The molecule has 1 aliphatic rings. The van der Waals surface area contributed by atoms with Gasteiger partial charge in [-0.05, 0) is 32.9 Å². The Kier molecular flexibility index (Phi) is 5.48. The highest BCUT2D eigenvalue weighted by Crippen LogP contribution is 2.29. The van der Waals surface area contributed by atoms with Crippen LogP contribution in [-0.4, -0.2) is 56.9 Å². The number of methoxy groups -OCH3 is 1. The molecule has 2 rings (SSSR count). The number of hydrogen-bond acceptors (Lipinski definition) is 4. The molecule has 4 nitrogen and oxygen atoms in total. The van der Waals surface area contributed by atoms with Crippen LogP contribution in [0.2, 0.25) is 0 Å². The predicted molar refractivity (Wildman–Crippen MR) is 87.4 cm³/mol. The van der Waals surface area contributed by atoms with Gasteiger partial charge in [-0.3, -0.25) is 4.90 Å². The molecule has 1 fully saturated rings. The Balaban J connectivity index is 1.99. The highest BCUT2D eigenvalue weighted by molar-refractivity contribution is 5.58. The number of rotatable bonds is 5. The molecule has 4 heteroatoms. The average molecular weight is 292 g/mol. The van der Waals surface area contributed by atoms with Crippen molar-refractivity contribution >= 4 is 5.69 Å². The van der Waals surface area contributed by atoms with Crippen LogP contribution in [0.4, 0.5) is 5.69 Å². The fraction of sp³-hybridized carbons (Fsp3) is 0.647. The Morgan fingerprint density at radius 3 is 2.29 bits per heavy atom. The molecule has 1 heterocycles. The van der Waals surface area contributed by atoms with Gasteiger partial charge in [0.2, 0.25) is 0 Å². The molecule has 0 aliphatic carbocycles. The van der Waals surface area contributed by atoms with Gasteiger partial charge in [-0.2, -0.15) is 0 Å². The van der Waals surface area contributed by atoms with Gasteiger partial charge in [0.1, 0.15) is 12.4 Å². The van der Waals surface area contributed by atoms with Crippen LogP contribution in [0.1, 0.15) is 20.8 Å². The molecule has 1 aromatic carbocycles. The minimum absolute atomic E-state index is 0.251. The summed E-state index contributed by atoms with van der Waals surface area (Å²) in [7, 11) is 1.70. The van der Waals surface area contributed by atoms with E-state index < -0.39 is 0 Å². The molecule has 0 bridgehead atoms. The zero-order valence-electron chi connectivity index (χ0n) is 13.8. The Bertz CT molecular complexity index is 435. The second-order valence-corrected chi connectivity index (χ2v) is 6.45. The summed E-state index contributed by atoms with van der Waals surface area (Å²) in [5.41, 5.74) is 1.45. The van der Waals surface area contributed by atoms with Crippen molar-refractivity contribution in [2.24, 2.45) is 0 Å². The first-order valence-electron chi connectivity index (χ1n) is 7.73. The van der Waals surface area contributed by atoms with E-state index in [0.29, 0.717) is 13.2 Å². The highest BCUT2D eigenvalue weighted by atomic mass is 16.5. The highest BCUT2D eigenvalue weighted by Gasteiger charge is 2.26. The third kappa shape index (κ3) is 4.35. The maximum atomic E-state index is 5.84. The van der Waals surface area contributed by atoms with E-state index in [1.165, 1.54) is 5.69 Å². The van der Waals surface area contributed by atoms with Crippen LogP contribution in [0, 0.1) is 0 Å². The summed E-state index contributed by atoms with van der Waals surface area (Å²) in [5, 5.41) is 0. The molecule has 0 atom stereocenters. The first-order chi connectivity index (χ1) is 10.0. The number of anilines is 1. The summed E-state index contributed by atoms with van der Waals surface area (Å²) in [6, 6.07) is 8.29. The standard InChI is InChI=1S/C17H28N2O2/c1-17(2,3)19-11-9-18(10-12-19)15-7-5-6-8-16(15)21-14-13-20-4/h5-8H,9-14H2,1-4H3. The van der Waals surface area contributed by atoms with E-state index in [0.717, 1.165) is 31.9 Å². The van der Waals surface area contributed by atoms with Crippen molar-refractivity contribution < 1.29 is 9.47 Å². The molecular weight excluding hydrogens is 264 g/mol. The number of benzene rings is 1. The molecule has 0 N–H and O–H groups in total. The van der Waals surface area contributed by atoms with Gasteiger partial charge in [0, 0.05) is 38.8 Å². The van der Waals surface area contributed by atoms with E-state index in [1.54, 1.807) is 7.11 Å². The zero-order valence-corrected chi connectivity index (χ0v) is 13.8. The fourth-order valence-corrected chi connectivity index (χ4v) is 2.69. The summed E-state index contributed by atoms with van der Waals surface area (Å²) in [5.74, 6) is 0.957. The molecule has 0 radical (unpaired) electrons. The third-order valence-corrected chi connectivity index (χ3v) is 3.98. The van der Waals surface area contributed by atoms with E-state index in [2.05, 4.69) is 42.7 Å². The molecular formula is C17H28N2O2. The quantitative estimate of drug-likeness (QED) is 0.779. The molecule has 21 heavy (non-hydrogen) atoms. The monoisotopic (exact) mass is 292 g/mol. The lowest BCUT2D eigenvalue weighted by atomic mass is 10.0. The largest absolute Gasteiger partial charge is 0.489 e. The smallest absolute Gasteiger partial charge is 0.142 e. The van der Waals surface area contributed by atoms with Crippen molar-refractivity contribution in [2.45, 2.75) is 26.3 Å². The lowest BCUT2D eigenvalue weighted by Crippen LogP contribution is -2.53. The van der Waals surface area contributed by atoms with Crippen molar-refractivity contribution in [3.8, 4) is 5.75 Å². The van der Waals surface area contributed by atoms with E-state index in [1.807, 2.05) is 12.1 Å². The van der Waals surface area contributed by atoms with Crippen molar-refractivity contribution in [3.63, 3.8) is 0 Å². The predicted octanol–water partition coefficient (Wildman–Crippen LogP) is 2.63. The van der Waals surface area contributed by atoms with Crippen LogP contribution >= 0.6 is 0 Å². The maximum Gasteiger partial charge on any atom is 0.142 e.